The number of oxazole rings is 1. The van der Waals surface area contributed by atoms with Crippen LogP contribution in [-0.2, 0) is 16.6 Å². The monoisotopic (exact) mass is 562 g/mol. The Morgan fingerprint density at radius 2 is 1.59 bits per heavy atom. The number of ether oxygens (including phenoxy) is 1. The van der Waals surface area contributed by atoms with Crippen molar-refractivity contribution >= 4 is 27.8 Å². The van der Waals surface area contributed by atoms with E-state index in [9.17, 15) is 18.3 Å². The second kappa shape index (κ2) is 13.8. The predicted octanol–water partition coefficient (Wildman–Crippen LogP) is 0.928. The molecule has 11 nitrogen and oxygen atoms in total. The third-order valence-electron chi connectivity index (χ3n) is 5.15. The summed E-state index contributed by atoms with van der Waals surface area (Å²) in [6, 6.07) is 19.9. The van der Waals surface area contributed by atoms with Gasteiger partial charge in [-0.2, -0.15) is 0 Å². The summed E-state index contributed by atoms with van der Waals surface area (Å²) in [7, 11) is -4.00. The number of aromatic nitrogens is 1. The molecular formula is C26H23N2NaO9S. The number of hydrogen-bond donors (Lipinski definition) is 3. The van der Waals surface area contributed by atoms with Crippen LogP contribution >= 0.6 is 0 Å². The molecule has 3 N–H and O–H groups in total. The molecule has 1 heterocycles. The molecule has 0 saturated carbocycles. The number of nitrogens with zero attached hydrogens (tertiary/aromatic N) is 1. The standard InChI is InChI=1S/C25H22N2O6S.CH2O3.Na/c1-16-7-6-10-21(23(16)25(28)29)27-34(30,31)20-13-11-19(12-14-20)32-15-22-17(2)33-24(26-22)18-8-4-3-5-9-18;2-1(3)4;/h3-14,27H,15H2,1-2H3,(H,28,29);(H2,2,3,4);/q;;+1/p-1. The molecule has 0 fully saturated rings. The second-order valence-corrected chi connectivity index (χ2v) is 9.50. The van der Waals surface area contributed by atoms with Gasteiger partial charge in [0.15, 0.2) is 0 Å². The Kier molecular flexibility index (Phi) is 11.1. The van der Waals surface area contributed by atoms with Crippen molar-refractivity contribution < 1.29 is 72.0 Å². The number of aromatic carboxylic acids is 1. The van der Waals surface area contributed by atoms with Crippen molar-refractivity contribution in [1.82, 2.24) is 4.98 Å². The quantitative estimate of drug-likeness (QED) is 0.262. The van der Waals surface area contributed by atoms with Crippen molar-refractivity contribution in [3.8, 4) is 17.2 Å². The largest absolute Gasteiger partial charge is 1.00 e. The van der Waals surface area contributed by atoms with E-state index in [2.05, 4.69) is 9.71 Å². The van der Waals surface area contributed by atoms with Gasteiger partial charge in [-0.15, -0.1) is 0 Å². The molecule has 0 unspecified atom stereocenters. The van der Waals surface area contributed by atoms with Crippen molar-refractivity contribution in [3.05, 3.63) is 95.4 Å². The molecular weight excluding hydrogens is 539 g/mol. The van der Waals surface area contributed by atoms with E-state index in [1.54, 1.807) is 26.0 Å². The number of aryl methyl sites for hydroxylation is 2. The van der Waals surface area contributed by atoms with Gasteiger partial charge in [0, 0.05) is 5.56 Å². The number of sulfonamides is 1. The zero-order valence-electron chi connectivity index (χ0n) is 21.2. The zero-order valence-corrected chi connectivity index (χ0v) is 24.1. The first-order valence-electron chi connectivity index (χ1n) is 11.0. The van der Waals surface area contributed by atoms with Crippen molar-refractivity contribution in [2.75, 3.05) is 4.72 Å². The number of anilines is 1. The topological polar surface area (TPSA) is 179 Å². The third kappa shape index (κ3) is 8.58. The van der Waals surface area contributed by atoms with Crippen LogP contribution in [0.25, 0.3) is 11.5 Å². The summed E-state index contributed by atoms with van der Waals surface area (Å²) in [6.45, 7) is 3.56. The number of benzene rings is 3. The molecule has 0 amide bonds. The van der Waals surface area contributed by atoms with Gasteiger partial charge in [-0.3, -0.25) is 4.72 Å². The Morgan fingerprint density at radius 1 is 0.974 bits per heavy atom. The van der Waals surface area contributed by atoms with Crippen LogP contribution < -0.4 is 44.1 Å². The predicted molar refractivity (Wildman–Crippen MR) is 134 cm³/mol. The number of carboxylic acid groups (broad SMARTS) is 3. The van der Waals surface area contributed by atoms with Gasteiger partial charge in [-0.25, -0.2) is 18.2 Å². The van der Waals surface area contributed by atoms with Gasteiger partial charge in [-0.05, 0) is 61.9 Å². The fourth-order valence-electron chi connectivity index (χ4n) is 3.37. The first-order chi connectivity index (χ1) is 18.0. The van der Waals surface area contributed by atoms with Gasteiger partial charge < -0.3 is 29.3 Å². The second-order valence-electron chi connectivity index (χ2n) is 7.82. The Hall–Kier alpha value is -3.84. The Morgan fingerprint density at radius 3 is 2.18 bits per heavy atom. The van der Waals surface area contributed by atoms with Crippen LogP contribution in [-0.4, -0.2) is 35.7 Å². The number of rotatable bonds is 8. The maximum Gasteiger partial charge on any atom is 1.00 e. The van der Waals surface area contributed by atoms with Gasteiger partial charge in [0.2, 0.25) is 12.0 Å². The van der Waals surface area contributed by atoms with Crippen LogP contribution in [0.3, 0.4) is 0 Å². The molecule has 0 bridgehead atoms. The minimum Gasteiger partial charge on any atom is -0.565 e. The normalized spacial score (nSPS) is 10.4. The van der Waals surface area contributed by atoms with Crippen LogP contribution in [0.15, 0.2) is 82.1 Å². The number of hydrogen-bond acceptors (Lipinski definition) is 8. The number of nitrogens with one attached hydrogen (secondary N) is 1. The summed E-state index contributed by atoms with van der Waals surface area (Å²) in [6.07, 6.45) is -2.08. The molecule has 39 heavy (non-hydrogen) atoms. The maximum atomic E-state index is 12.8. The van der Waals surface area contributed by atoms with Crippen molar-refractivity contribution in [2.45, 2.75) is 25.3 Å². The van der Waals surface area contributed by atoms with Crippen LogP contribution in [0.1, 0.15) is 27.4 Å². The van der Waals surface area contributed by atoms with Gasteiger partial charge in [-0.1, -0.05) is 30.3 Å². The average Bonchev–Trinajstić information content (AvgIpc) is 3.23. The minimum absolute atomic E-state index is 0. The van der Waals surface area contributed by atoms with Crippen LogP contribution in [0.4, 0.5) is 10.5 Å². The van der Waals surface area contributed by atoms with E-state index in [1.807, 2.05) is 30.3 Å². The molecule has 3 aromatic carbocycles. The third-order valence-corrected chi connectivity index (χ3v) is 6.54. The molecule has 0 saturated heterocycles. The molecule has 0 radical (unpaired) electrons. The molecule has 0 aliphatic rings. The van der Waals surface area contributed by atoms with Gasteiger partial charge in [0.25, 0.3) is 10.0 Å². The van der Waals surface area contributed by atoms with E-state index < -0.39 is 22.1 Å². The van der Waals surface area contributed by atoms with Crippen molar-refractivity contribution in [2.24, 2.45) is 0 Å². The molecule has 4 rings (SSSR count). The van der Waals surface area contributed by atoms with Crippen molar-refractivity contribution in [3.63, 3.8) is 0 Å². The number of carbonyl (C=O) groups is 2. The Balaban J connectivity index is 0.000000998. The van der Waals surface area contributed by atoms with E-state index >= 15 is 0 Å². The Bertz CT molecular complexity index is 1530. The summed E-state index contributed by atoms with van der Waals surface area (Å²) in [5, 5.41) is 24.7. The van der Waals surface area contributed by atoms with Gasteiger partial charge >= 0.3 is 35.5 Å². The summed E-state index contributed by atoms with van der Waals surface area (Å²) >= 11 is 0. The summed E-state index contributed by atoms with van der Waals surface area (Å²) in [5.74, 6) is 0.373. The first kappa shape index (κ1) is 31.4. The summed E-state index contributed by atoms with van der Waals surface area (Å²) < 4.78 is 39.4. The maximum absolute atomic E-state index is 12.8. The van der Waals surface area contributed by atoms with Gasteiger partial charge in [0.05, 0.1) is 16.1 Å². The fourth-order valence-corrected chi connectivity index (χ4v) is 4.45. The van der Waals surface area contributed by atoms with E-state index in [0.29, 0.717) is 28.7 Å². The molecule has 13 heteroatoms. The SMILES string of the molecule is Cc1cccc(NS(=O)(=O)c2ccc(OCc3nc(-c4ccccc4)oc3C)cc2)c1C(=O)O.O=C([O-])O.[Na+]. The Labute approximate surface area is 246 Å². The van der Waals surface area contributed by atoms with E-state index in [1.165, 1.54) is 30.3 Å². The summed E-state index contributed by atoms with van der Waals surface area (Å²) in [5.41, 5.74) is 1.86. The molecule has 4 aromatic rings. The molecule has 0 atom stereocenters. The van der Waals surface area contributed by atoms with E-state index in [4.69, 9.17) is 24.2 Å². The minimum atomic E-state index is -4.00. The molecule has 1 aromatic heterocycles. The molecule has 0 aliphatic heterocycles. The zero-order chi connectivity index (χ0) is 27.9. The fraction of sp³-hybridized carbons (Fsp3) is 0.115. The molecule has 198 valence electrons. The van der Waals surface area contributed by atoms with Crippen LogP contribution in [0, 0.1) is 13.8 Å². The first-order valence-corrected chi connectivity index (χ1v) is 12.5. The number of carboxylic acids is 1. The van der Waals surface area contributed by atoms with E-state index in [-0.39, 0.29) is 52.3 Å². The van der Waals surface area contributed by atoms with Crippen molar-refractivity contribution in [1.29, 1.82) is 0 Å². The summed E-state index contributed by atoms with van der Waals surface area (Å²) in [4.78, 5) is 24.4. The van der Waals surface area contributed by atoms with Crippen LogP contribution in [0.5, 0.6) is 5.75 Å². The molecule has 0 spiro atoms. The average molecular weight is 563 g/mol. The van der Waals surface area contributed by atoms with E-state index in [0.717, 1.165) is 5.56 Å². The smallest absolute Gasteiger partial charge is 0.565 e. The van der Waals surface area contributed by atoms with Crippen LogP contribution in [0.2, 0.25) is 0 Å². The molecule has 0 aliphatic carbocycles. The van der Waals surface area contributed by atoms with Gasteiger partial charge in [0.1, 0.15) is 23.8 Å².